The highest BCUT2D eigenvalue weighted by molar-refractivity contribution is 5.83. The Morgan fingerprint density at radius 3 is 1.35 bits per heavy atom. The lowest BCUT2D eigenvalue weighted by Crippen LogP contribution is -2.37. The molecule has 0 aliphatic carbocycles. The van der Waals surface area contributed by atoms with Crippen LogP contribution in [0.5, 0.6) is 0 Å². The molecule has 3 atom stereocenters. The maximum absolute atomic E-state index is 13.4. The molecule has 0 heterocycles. The maximum atomic E-state index is 13.4. The fourth-order valence-corrected chi connectivity index (χ4v) is 8.66. The molecule has 0 bridgehead atoms. The van der Waals surface area contributed by atoms with Crippen molar-refractivity contribution in [2.75, 3.05) is 47.0 Å². The van der Waals surface area contributed by atoms with Crippen molar-refractivity contribution in [3.63, 3.8) is 0 Å². The average Bonchev–Trinajstić information content (AvgIpc) is 3.23. The molecule has 0 aromatic rings. The molecule has 1 N–H and O–H groups in total. The Bertz CT molecular complexity index is 963. The lowest BCUT2D eigenvalue weighted by molar-refractivity contribution is -0.150. The van der Waals surface area contributed by atoms with Gasteiger partial charge in [-0.05, 0) is 83.7 Å². The van der Waals surface area contributed by atoms with Gasteiger partial charge in [0, 0.05) is 32.0 Å². The SMILES string of the molecule is CCCCCCCCC(CCCCCC)CC(=O)OCCCCCC(CCCCCOC(=O)CN(C)C(=O)C(CCCCCC)CCCCCCCC)N(C)CCCCO. The van der Waals surface area contributed by atoms with Crippen LogP contribution in [0.4, 0.5) is 0 Å². The smallest absolute Gasteiger partial charge is 0.325 e. The van der Waals surface area contributed by atoms with Gasteiger partial charge in [-0.1, -0.05) is 182 Å². The second kappa shape index (κ2) is 44.0. The minimum atomic E-state index is -0.308. The molecule has 1 amide bonds. The fourth-order valence-electron chi connectivity index (χ4n) is 8.66. The molecule has 8 heteroatoms. The van der Waals surface area contributed by atoms with Crippen LogP contribution in [-0.4, -0.2) is 85.8 Å². The average molecular weight is 851 g/mol. The molecule has 0 saturated carbocycles. The van der Waals surface area contributed by atoms with Crippen molar-refractivity contribution in [2.24, 2.45) is 11.8 Å². The number of carbonyl (C=O) groups excluding carboxylic acids is 3. The fraction of sp³-hybridized carbons (Fsp3) is 0.942. The number of esters is 2. The van der Waals surface area contributed by atoms with Gasteiger partial charge in [-0.25, -0.2) is 0 Å². The number of aliphatic hydroxyl groups excluding tert-OH is 1. The Hall–Kier alpha value is -1.67. The lowest BCUT2D eigenvalue weighted by Gasteiger charge is -2.28. The van der Waals surface area contributed by atoms with E-state index in [1.54, 1.807) is 11.9 Å². The van der Waals surface area contributed by atoms with E-state index in [-0.39, 0.29) is 36.9 Å². The molecule has 8 nitrogen and oxygen atoms in total. The number of hydrogen-bond acceptors (Lipinski definition) is 7. The summed E-state index contributed by atoms with van der Waals surface area (Å²) in [4.78, 5) is 43.0. The lowest BCUT2D eigenvalue weighted by atomic mass is 9.91. The summed E-state index contributed by atoms with van der Waals surface area (Å²) in [7, 11) is 3.97. The third-order valence-electron chi connectivity index (χ3n) is 12.7. The zero-order chi connectivity index (χ0) is 44.3. The van der Waals surface area contributed by atoms with Crippen molar-refractivity contribution in [2.45, 2.75) is 258 Å². The van der Waals surface area contributed by atoms with Gasteiger partial charge in [0.2, 0.25) is 5.91 Å². The Balaban J connectivity index is 4.65. The molecule has 3 unspecified atom stereocenters. The topological polar surface area (TPSA) is 96.4 Å². The summed E-state index contributed by atoms with van der Waals surface area (Å²) < 4.78 is 11.4. The quantitative estimate of drug-likeness (QED) is 0.0481. The minimum absolute atomic E-state index is 0.00485. The molecule has 0 aliphatic rings. The Morgan fingerprint density at radius 1 is 0.467 bits per heavy atom. The van der Waals surface area contributed by atoms with Crippen molar-refractivity contribution in [1.29, 1.82) is 0 Å². The molecule has 0 rings (SSSR count). The molecular formula is C52H102N2O6. The summed E-state index contributed by atoms with van der Waals surface area (Å²) >= 11 is 0. The van der Waals surface area contributed by atoms with Gasteiger partial charge in [-0.15, -0.1) is 0 Å². The second-order valence-electron chi connectivity index (χ2n) is 18.5. The van der Waals surface area contributed by atoms with Gasteiger partial charge < -0.3 is 24.4 Å². The van der Waals surface area contributed by atoms with Crippen LogP contribution in [0.3, 0.4) is 0 Å². The van der Waals surface area contributed by atoms with E-state index in [0.29, 0.717) is 31.6 Å². The molecule has 0 aromatic heterocycles. The number of unbranched alkanes of at least 4 members (excludes halogenated alkanes) is 21. The summed E-state index contributed by atoms with van der Waals surface area (Å²) in [5, 5.41) is 9.32. The van der Waals surface area contributed by atoms with E-state index in [0.717, 1.165) is 109 Å². The molecule has 0 radical (unpaired) electrons. The number of likely N-dealkylation sites (N-methyl/N-ethyl adjacent to an activating group) is 1. The third-order valence-corrected chi connectivity index (χ3v) is 12.7. The number of rotatable bonds is 46. The van der Waals surface area contributed by atoms with Crippen LogP contribution in [0.1, 0.15) is 252 Å². The highest BCUT2D eigenvalue weighted by atomic mass is 16.5. The molecule has 60 heavy (non-hydrogen) atoms. The van der Waals surface area contributed by atoms with Crippen LogP contribution in [0, 0.1) is 11.8 Å². The zero-order valence-electron chi connectivity index (χ0n) is 40.9. The van der Waals surface area contributed by atoms with Crippen molar-refractivity contribution >= 4 is 17.8 Å². The van der Waals surface area contributed by atoms with Gasteiger partial charge in [-0.2, -0.15) is 0 Å². The number of carbonyl (C=O) groups is 3. The maximum Gasteiger partial charge on any atom is 0.325 e. The molecule has 0 spiro atoms. The number of aliphatic hydroxyl groups is 1. The monoisotopic (exact) mass is 851 g/mol. The van der Waals surface area contributed by atoms with E-state index in [9.17, 15) is 19.5 Å². The first kappa shape index (κ1) is 58.3. The van der Waals surface area contributed by atoms with Crippen molar-refractivity contribution in [3.8, 4) is 0 Å². The van der Waals surface area contributed by atoms with Crippen LogP contribution in [-0.2, 0) is 23.9 Å². The number of nitrogens with zero attached hydrogens (tertiary/aromatic N) is 2. The second-order valence-corrected chi connectivity index (χ2v) is 18.5. The molecule has 0 aliphatic heterocycles. The summed E-state index contributed by atoms with van der Waals surface area (Å²) in [5.41, 5.74) is 0. The van der Waals surface area contributed by atoms with Crippen LogP contribution < -0.4 is 0 Å². The Morgan fingerprint density at radius 2 is 0.867 bits per heavy atom. The Kier molecular flexibility index (Phi) is 42.7. The molecule has 0 saturated heterocycles. The van der Waals surface area contributed by atoms with Gasteiger partial charge >= 0.3 is 11.9 Å². The van der Waals surface area contributed by atoms with Gasteiger partial charge in [0.25, 0.3) is 0 Å². The van der Waals surface area contributed by atoms with Crippen molar-refractivity contribution in [1.82, 2.24) is 9.80 Å². The molecular weight excluding hydrogens is 749 g/mol. The first-order valence-corrected chi connectivity index (χ1v) is 26.1. The van der Waals surface area contributed by atoms with Crippen LogP contribution in [0.2, 0.25) is 0 Å². The predicted molar refractivity (Wildman–Crippen MR) is 254 cm³/mol. The zero-order valence-corrected chi connectivity index (χ0v) is 40.9. The van der Waals surface area contributed by atoms with E-state index in [4.69, 9.17) is 9.47 Å². The summed E-state index contributed by atoms with van der Waals surface area (Å²) in [6.45, 7) is 11.1. The summed E-state index contributed by atoms with van der Waals surface area (Å²) in [5.74, 6) is 0.259. The van der Waals surface area contributed by atoms with Crippen LogP contribution in [0.25, 0.3) is 0 Å². The van der Waals surface area contributed by atoms with E-state index in [1.165, 1.54) is 116 Å². The van der Waals surface area contributed by atoms with E-state index in [1.807, 2.05) is 0 Å². The summed E-state index contributed by atoms with van der Waals surface area (Å²) in [6.07, 6.45) is 39.5. The highest BCUT2D eigenvalue weighted by Gasteiger charge is 2.23. The molecule has 356 valence electrons. The van der Waals surface area contributed by atoms with Crippen LogP contribution >= 0.6 is 0 Å². The van der Waals surface area contributed by atoms with Gasteiger partial charge in [-0.3, -0.25) is 14.4 Å². The van der Waals surface area contributed by atoms with Gasteiger partial charge in [0.15, 0.2) is 0 Å². The first-order chi connectivity index (χ1) is 29.2. The summed E-state index contributed by atoms with van der Waals surface area (Å²) in [6, 6.07) is 0.468. The van der Waals surface area contributed by atoms with Gasteiger partial charge in [0.05, 0.1) is 13.2 Å². The molecule has 0 fully saturated rings. The third kappa shape index (κ3) is 35.9. The van der Waals surface area contributed by atoms with Gasteiger partial charge in [0.1, 0.15) is 6.54 Å². The standard InChI is InChI=1S/C52H102N2O6/c1-7-11-15-19-21-26-36-47(35-25-17-13-9-3)45-50(56)59-43-33-23-29-39-49(53(5)41-31-32-42-55)40-30-24-34-44-60-51(57)46-54(6)52(58)48(37-27-18-14-10-4)38-28-22-20-16-12-8-2/h47-49,55H,7-46H2,1-6H3. The first-order valence-electron chi connectivity index (χ1n) is 26.1. The largest absolute Gasteiger partial charge is 0.466 e. The van der Waals surface area contributed by atoms with E-state index < -0.39 is 0 Å². The van der Waals surface area contributed by atoms with Crippen LogP contribution in [0.15, 0.2) is 0 Å². The highest BCUT2D eigenvalue weighted by Crippen LogP contribution is 2.24. The van der Waals surface area contributed by atoms with E-state index in [2.05, 4.69) is 39.6 Å². The number of hydrogen-bond donors (Lipinski definition) is 1. The normalized spacial score (nSPS) is 13.1. The van der Waals surface area contributed by atoms with Crippen molar-refractivity contribution < 1.29 is 29.0 Å². The number of amides is 1. The minimum Gasteiger partial charge on any atom is -0.466 e. The van der Waals surface area contributed by atoms with Crippen molar-refractivity contribution in [3.05, 3.63) is 0 Å². The number of ether oxygens (including phenoxy) is 2. The van der Waals surface area contributed by atoms with E-state index >= 15 is 0 Å². The Labute approximate surface area is 372 Å². The predicted octanol–water partition coefficient (Wildman–Crippen LogP) is 13.8. The molecule has 0 aromatic carbocycles.